The lowest BCUT2D eigenvalue weighted by atomic mass is 10.4. The van der Waals surface area contributed by atoms with Crippen molar-refractivity contribution in [3.8, 4) is 0 Å². The van der Waals surface area contributed by atoms with Crippen molar-refractivity contribution < 1.29 is 0 Å². The predicted octanol–water partition coefficient (Wildman–Crippen LogP) is 1.54. The molecule has 0 atom stereocenters. The van der Waals surface area contributed by atoms with Crippen LogP contribution in [0.4, 0.5) is 11.6 Å². The number of nitrogens with one attached hydrogen (secondary N) is 2. The average Bonchev–Trinajstić information content (AvgIpc) is 2.37. The van der Waals surface area contributed by atoms with Gasteiger partial charge in [0.2, 0.25) is 0 Å². The second-order valence-electron chi connectivity index (χ2n) is 3.94. The van der Waals surface area contributed by atoms with Crippen molar-refractivity contribution in [2.45, 2.75) is 20.4 Å². The zero-order valence-electron chi connectivity index (χ0n) is 10.7. The molecule has 2 heterocycles. The van der Waals surface area contributed by atoms with E-state index in [2.05, 4.69) is 30.6 Å². The highest BCUT2D eigenvalue weighted by atomic mass is 15.1. The van der Waals surface area contributed by atoms with Crippen molar-refractivity contribution in [2.24, 2.45) is 0 Å². The molecule has 0 aromatic carbocycles. The number of hydrogen-bond donors (Lipinski definition) is 2. The zero-order chi connectivity index (χ0) is 13.0. The Bertz CT molecular complexity index is 523. The molecule has 2 rings (SSSR count). The molecule has 0 spiro atoms. The average molecular weight is 244 g/mol. The van der Waals surface area contributed by atoms with Crippen molar-refractivity contribution in [3.63, 3.8) is 0 Å². The normalized spacial score (nSPS) is 10.2. The summed E-state index contributed by atoms with van der Waals surface area (Å²) in [5.74, 6) is 2.29. The van der Waals surface area contributed by atoms with Crippen LogP contribution in [0.25, 0.3) is 0 Å². The first kappa shape index (κ1) is 12.2. The van der Waals surface area contributed by atoms with Gasteiger partial charge in [-0.05, 0) is 13.8 Å². The minimum absolute atomic E-state index is 0.590. The fourth-order valence-electron chi connectivity index (χ4n) is 1.48. The molecule has 0 radical (unpaired) electrons. The van der Waals surface area contributed by atoms with Crippen LogP contribution in [0, 0.1) is 13.8 Å². The summed E-state index contributed by atoms with van der Waals surface area (Å²) in [6.07, 6.45) is 3.51. The summed E-state index contributed by atoms with van der Waals surface area (Å²) in [6, 6.07) is 1.86. The van der Waals surface area contributed by atoms with E-state index in [1.54, 1.807) is 12.4 Å². The van der Waals surface area contributed by atoms with Gasteiger partial charge in [0.05, 0.1) is 24.1 Å². The monoisotopic (exact) mass is 244 g/mol. The predicted molar refractivity (Wildman–Crippen MR) is 70.4 cm³/mol. The first-order chi connectivity index (χ1) is 8.67. The van der Waals surface area contributed by atoms with Crippen molar-refractivity contribution in [3.05, 3.63) is 35.7 Å². The molecule has 0 aliphatic heterocycles. The minimum atomic E-state index is 0.590. The van der Waals surface area contributed by atoms with Crippen molar-refractivity contribution in [2.75, 3.05) is 17.7 Å². The summed E-state index contributed by atoms with van der Waals surface area (Å²) < 4.78 is 0. The largest absolute Gasteiger partial charge is 0.373 e. The number of aromatic nitrogens is 4. The Labute approximate surface area is 106 Å². The third-order valence-electron chi connectivity index (χ3n) is 2.38. The summed E-state index contributed by atoms with van der Waals surface area (Å²) in [4.78, 5) is 17.0. The van der Waals surface area contributed by atoms with Gasteiger partial charge >= 0.3 is 0 Å². The lowest BCUT2D eigenvalue weighted by Gasteiger charge is -2.07. The Morgan fingerprint density at radius 3 is 2.50 bits per heavy atom. The van der Waals surface area contributed by atoms with Crippen LogP contribution < -0.4 is 10.6 Å². The van der Waals surface area contributed by atoms with Gasteiger partial charge in [0.25, 0.3) is 0 Å². The number of hydrogen-bond acceptors (Lipinski definition) is 6. The van der Waals surface area contributed by atoms with E-state index in [0.717, 1.165) is 28.8 Å². The van der Waals surface area contributed by atoms with E-state index in [1.807, 2.05) is 27.0 Å². The highest BCUT2D eigenvalue weighted by Crippen LogP contribution is 2.11. The molecule has 0 saturated carbocycles. The van der Waals surface area contributed by atoms with Gasteiger partial charge in [-0.2, -0.15) is 0 Å². The second-order valence-corrected chi connectivity index (χ2v) is 3.94. The number of nitrogens with zero attached hydrogens (tertiary/aromatic N) is 4. The molecule has 2 aromatic heterocycles. The summed E-state index contributed by atoms with van der Waals surface area (Å²) >= 11 is 0. The summed E-state index contributed by atoms with van der Waals surface area (Å²) in [6.45, 7) is 4.36. The standard InChI is InChI=1S/C12H16N6/c1-8-5-15-10(6-14-8)7-16-12-4-11(13-3)17-9(2)18-12/h4-6H,7H2,1-3H3,(H2,13,16,17,18). The molecule has 94 valence electrons. The van der Waals surface area contributed by atoms with Crippen LogP contribution in [0.15, 0.2) is 18.5 Å². The highest BCUT2D eigenvalue weighted by Gasteiger charge is 2.01. The molecule has 0 unspecified atom stereocenters. The maximum atomic E-state index is 4.30. The first-order valence-corrected chi connectivity index (χ1v) is 5.72. The van der Waals surface area contributed by atoms with Crippen LogP contribution in [0.5, 0.6) is 0 Å². The molecular formula is C12H16N6. The molecular weight excluding hydrogens is 228 g/mol. The van der Waals surface area contributed by atoms with Crippen LogP contribution in [0.2, 0.25) is 0 Å². The smallest absolute Gasteiger partial charge is 0.132 e. The van der Waals surface area contributed by atoms with E-state index in [1.165, 1.54) is 0 Å². The highest BCUT2D eigenvalue weighted by molar-refractivity contribution is 5.47. The van der Waals surface area contributed by atoms with Crippen molar-refractivity contribution >= 4 is 11.6 Å². The molecule has 0 aliphatic carbocycles. The maximum absolute atomic E-state index is 4.30. The van der Waals surface area contributed by atoms with E-state index < -0.39 is 0 Å². The van der Waals surface area contributed by atoms with Crippen LogP contribution in [-0.2, 0) is 6.54 Å². The number of aryl methyl sites for hydroxylation is 2. The SMILES string of the molecule is CNc1cc(NCc2cnc(C)cn2)nc(C)n1. The van der Waals surface area contributed by atoms with Gasteiger partial charge < -0.3 is 10.6 Å². The molecule has 0 aliphatic rings. The second kappa shape index (κ2) is 5.39. The van der Waals surface area contributed by atoms with E-state index >= 15 is 0 Å². The van der Waals surface area contributed by atoms with Gasteiger partial charge in [-0.1, -0.05) is 0 Å². The molecule has 6 nitrogen and oxygen atoms in total. The fraction of sp³-hybridized carbons (Fsp3) is 0.333. The van der Waals surface area contributed by atoms with Crippen molar-refractivity contribution in [1.82, 2.24) is 19.9 Å². The Kier molecular flexibility index (Phi) is 3.66. The summed E-state index contributed by atoms with van der Waals surface area (Å²) in [5, 5.41) is 6.20. The Balaban J connectivity index is 2.05. The van der Waals surface area contributed by atoms with Gasteiger partial charge in [0.15, 0.2) is 0 Å². The molecule has 18 heavy (non-hydrogen) atoms. The van der Waals surface area contributed by atoms with Crippen LogP contribution in [0.1, 0.15) is 17.2 Å². The van der Waals surface area contributed by atoms with Crippen LogP contribution in [0.3, 0.4) is 0 Å². The summed E-state index contributed by atoms with van der Waals surface area (Å²) in [7, 11) is 1.83. The molecule has 0 saturated heterocycles. The Hall–Kier alpha value is -2.24. The van der Waals surface area contributed by atoms with Gasteiger partial charge in [0, 0.05) is 19.3 Å². The molecule has 0 bridgehead atoms. The molecule has 0 fully saturated rings. The van der Waals surface area contributed by atoms with E-state index in [9.17, 15) is 0 Å². The minimum Gasteiger partial charge on any atom is -0.373 e. The van der Waals surface area contributed by atoms with Gasteiger partial charge in [0.1, 0.15) is 17.5 Å². The Morgan fingerprint density at radius 2 is 1.83 bits per heavy atom. The third kappa shape index (κ3) is 3.13. The van der Waals surface area contributed by atoms with E-state index in [0.29, 0.717) is 6.54 Å². The molecule has 2 N–H and O–H groups in total. The fourth-order valence-corrected chi connectivity index (χ4v) is 1.48. The first-order valence-electron chi connectivity index (χ1n) is 5.72. The molecule has 6 heteroatoms. The third-order valence-corrected chi connectivity index (χ3v) is 2.38. The summed E-state index contributed by atoms with van der Waals surface area (Å²) in [5.41, 5.74) is 1.79. The topological polar surface area (TPSA) is 75.6 Å². The Morgan fingerprint density at radius 1 is 1.06 bits per heavy atom. The zero-order valence-corrected chi connectivity index (χ0v) is 10.7. The van der Waals surface area contributed by atoms with Gasteiger partial charge in [-0.15, -0.1) is 0 Å². The lowest BCUT2D eigenvalue weighted by Crippen LogP contribution is -2.06. The van der Waals surface area contributed by atoms with Crippen molar-refractivity contribution in [1.29, 1.82) is 0 Å². The maximum Gasteiger partial charge on any atom is 0.132 e. The number of anilines is 2. The van der Waals surface area contributed by atoms with Crippen LogP contribution in [-0.4, -0.2) is 27.0 Å². The number of rotatable bonds is 4. The van der Waals surface area contributed by atoms with Crippen LogP contribution >= 0.6 is 0 Å². The molecule has 2 aromatic rings. The van der Waals surface area contributed by atoms with E-state index in [4.69, 9.17) is 0 Å². The van der Waals surface area contributed by atoms with E-state index in [-0.39, 0.29) is 0 Å². The lowest BCUT2D eigenvalue weighted by molar-refractivity contribution is 0.963. The molecule has 0 amide bonds. The van der Waals surface area contributed by atoms with Gasteiger partial charge in [-0.25, -0.2) is 9.97 Å². The van der Waals surface area contributed by atoms with Gasteiger partial charge in [-0.3, -0.25) is 9.97 Å². The quantitative estimate of drug-likeness (QED) is 0.849.